The van der Waals surface area contributed by atoms with Crippen molar-refractivity contribution in [3.8, 4) is 22.8 Å². The molecule has 4 rings (SSSR count). The molecule has 8 heteroatoms. The molecule has 0 saturated carbocycles. The fourth-order valence-electron chi connectivity index (χ4n) is 3.89. The van der Waals surface area contributed by atoms with Gasteiger partial charge in [0.2, 0.25) is 5.91 Å². The van der Waals surface area contributed by atoms with Gasteiger partial charge in [-0.1, -0.05) is 25.1 Å². The van der Waals surface area contributed by atoms with Crippen molar-refractivity contribution in [1.29, 1.82) is 0 Å². The molecular weight excluding hydrogens is 452 g/mol. The van der Waals surface area contributed by atoms with E-state index in [0.717, 1.165) is 33.5 Å². The Balaban J connectivity index is 1.58. The van der Waals surface area contributed by atoms with Crippen molar-refractivity contribution < 1.29 is 23.1 Å². The van der Waals surface area contributed by atoms with E-state index in [1.54, 1.807) is 14.0 Å². The van der Waals surface area contributed by atoms with Gasteiger partial charge < -0.3 is 20.1 Å². The van der Waals surface area contributed by atoms with E-state index in [1.807, 2.05) is 48.5 Å². The Morgan fingerprint density at radius 1 is 1.06 bits per heavy atom. The van der Waals surface area contributed by atoms with E-state index in [-0.39, 0.29) is 34.4 Å². The number of carbonyl (C=O) groups is 1. The number of aromatic nitrogens is 1. The summed E-state index contributed by atoms with van der Waals surface area (Å²) in [5, 5.41) is 13.8. The number of anilines is 1. The third kappa shape index (κ3) is 4.77. The number of hydrogen-bond donors (Lipinski definition) is 3. The fourth-order valence-corrected chi connectivity index (χ4v) is 4.80. The molecule has 0 bridgehead atoms. The maximum atomic E-state index is 12.8. The predicted molar refractivity (Wildman–Crippen MR) is 133 cm³/mol. The molecule has 0 spiro atoms. The summed E-state index contributed by atoms with van der Waals surface area (Å²) in [5.41, 5.74) is 3.95. The van der Waals surface area contributed by atoms with Gasteiger partial charge in [0.1, 0.15) is 11.5 Å². The summed E-state index contributed by atoms with van der Waals surface area (Å²) < 4.78 is 29.6. The Kier molecular flexibility index (Phi) is 6.61. The number of methoxy groups -OCH3 is 1. The number of para-hydroxylation sites is 1. The number of carbonyl (C=O) groups excluding carboxylic acids is 1. The number of benzene rings is 3. The van der Waals surface area contributed by atoms with Gasteiger partial charge in [0.25, 0.3) is 0 Å². The first-order valence-electron chi connectivity index (χ1n) is 10.9. The predicted octanol–water partition coefficient (Wildman–Crippen LogP) is 4.91. The summed E-state index contributed by atoms with van der Waals surface area (Å²) >= 11 is 0. The van der Waals surface area contributed by atoms with Crippen LogP contribution in [0.1, 0.15) is 18.9 Å². The second-order valence-corrected chi connectivity index (χ2v) is 10.2. The van der Waals surface area contributed by atoms with Crippen LogP contribution >= 0.6 is 0 Å². The average molecular weight is 479 g/mol. The smallest absolute Gasteiger partial charge is 0.224 e. The summed E-state index contributed by atoms with van der Waals surface area (Å²) in [6, 6.07) is 19.5. The zero-order valence-corrected chi connectivity index (χ0v) is 19.8. The highest BCUT2D eigenvalue weighted by atomic mass is 32.2. The van der Waals surface area contributed by atoms with Crippen LogP contribution in [0.15, 0.2) is 71.6 Å². The number of fused-ring (bicyclic) bond motifs is 1. The topological polar surface area (TPSA) is 108 Å². The number of amides is 1. The first-order chi connectivity index (χ1) is 16.3. The minimum Gasteiger partial charge on any atom is -0.506 e. The van der Waals surface area contributed by atoms with Crippen molar-refractivity contribution >= 4 is 32.3 Å². The molecule has 1 heterocycles. The Labute approximate surface area is 198 Å². The lowest BCUT2D eigenvalue weighted by molar-refractivity contribution is -0.116. The van der Waals surface area contributed by atoms with E-state index in [0.29, 0.717) is 6.42 Å². The second kappa shape index (κ2) is 9.61. The van der Waals surface area contributed by atoms with E-state index in [2.05, 4.69) is 10.3 Å². The molecule has 3 aromatic carbocycles. The molecule has 1 amide bonds. The van der Waals surface area contributed by atoms with Crippen LogP contribution in [0, 0.1) is 0 Å². The van der Waals surface area contributed by atoms with Gasteiger partial charge in [0.15, 0.2) is 9.84 Å². The molecule has 0 atom stereocenters. The van der Waals surface area contributed by atoms with Crippen LogP contribution in [-0.4, -0.2) is 37.3 Å². The first kappa shape index (κ1) is 23.4. The van der Waals surface area contributed by atoms with E-state index in [4.69, 9.17) is 4.74 Å². The number of hydrogen-bond acceptors (Lipinski definition) is 5. The van der Waals surface area contributed by atoms with Crippen LogP contribution in [0.5, 0.6) is 11.5 Å². The number of rotatable bonds is 8. The Morgan fingerprint density at radius 3 is 2.50 bits per heavy atom. The van der Waals surface area contributed by atoms with E-state index >= 15 is 0 Å². The van der Waals surface area contributed by atoms with Crippen LogP contribution in [0.25, 0.3) is 22.2 Å². The number of sulfone groups is 1. The maximum absolute atomic E-state index is 12.8. The van der Waals surface area contributed by atoms with Gasteiger partial charge in [-0.05, 0) is 66.1 Å². The standard InChI is InChI=1S/C26H26N2O5S/c1-3-34(31,32)19-12-14-24(29)23(16-19)27-25(30)15-13-21-20-6-4-5-7-22(20)28-26(21)17-8-10-18(33-2)11-9-17/h4-12,14,16,28-29H,3,13,15H2,1-2H3,(H,27,30). The van der Waals surface area contributed by atoms with Crippen LogP contribution in [0.4, 0.5) is 5.69 Å². The van der Waals surface area contributed by atoms with Gasteiger partial charge >= 0.3 is 0 Å². The van der Waals surface area contributed by atoms with Gasteiger partial charge in [-0.2, -0.15) is 0 Å². The number of ether oxygens (including phenoxy) is 1. The van der Waals surface area contributed by atoms with Crippen molar-refractivity contribution in [3.05, 3.63) is 72.3 Å². The van der Waals surface area contributed by atoms with Crippen molar-refractivity contribution in [2.24, 2.45) is 0 Å². The van der Waals surface area contributed by atoms with E-state index < -0.39 is 9.84 Å². The molecular formula is C26H26N2O5S. The second-order valence-electron chi connectivity index (χ2n) is 7.88. The average Bonchev–Trinajstić information content (AvgIpc) is 3.22. The first-order valence-corrected chi connectivity index (χ1v) is 12.6. The molecule has 3 N–H and O–H groups in total. The number of aromatic hydroxyl groups is 1. The lowest BCUT2D eigenvalue weighted by atomic mass is 10.0. The molecule has 7 nitrogen and oxygen atoms in total. The number of aryl methyl sites for hydroxylation is 1. The van der Waals surface area contributed by atoms with Crippen molar-refractivity contribution in [1.82, 2.24) is 4.98 Å². The van der Waals surface area contributed by atoms with Gasteiger partial charge in [-0.3, -0.25) is 4.79 Å². The third-order valence-corrected chi connectivity index (χ3v) is 7.51. The highest BCUT2D eigenvalue weighted by molar-refractivity contribution is 7.91. The van der Waals surface area contributed by atoms with Crippen LogP contribution < -0.4 is 10.1 Å². The van der Waals surface area contributed by atoms with Crippen LogP contribution in [0.2, 0.25) is 0 Å². The molecule has 1 aromatic heterocycles. The molecule has 0 aliphatic rings. The van der Waals surface area contributed by atoms with Crippen molar-refractivity contribution in [3.63, 3.8) is 0 Å². The number of aromatic amines is 1. The van der Waals surface area contributed by atoms with Gasteiger partial charge in [0.05, 0.1) is 23.4 Å². The molecule has 0 radical (unpaired) electrons. The summed E-state index contributed by atoms with van der Waals surface area (Å²) in [4.78, 5) is 16.3. The molecule has 0 aliphatic heterocycles. The molecule has 0 unspecified atom stereocenters. The summed E-state index contributed by atoms with van der Waals surface area (Å²) in [6.07, 6.45) is 0.597. The van der Waals surface area contributed by atoms with Gasteiger partial charge in [-0.25, -0.2) is 8.42 Å². The summed E-state index contributed by atoms with van der Waals surface area (Å²) in [6.45, 7) is 1.54. The van der Waals surface area contributed by atoms with Crippen molar-refractivity contribution in [2.75, 3.05) is 18.2 Å². The Hall–Kier alpha value is -3.78. The molecule has 0 aliphatic carbocycles. The lowest BCUT2D eigenvalue weighted by Crippen LogP contribution is -2.13. The van der Waals surface area contributed by atoms with E-state index in [9.17, 15) is 18.3 Å². The fraction of sp³-hybridized carbons (Fsp3) is 0.192. The van der Waals surface area contributed by atoms with E-state index in [1.165, 1.54) is 18.2 Å². The Bertz CT molecular complexity index is 1440. The maximum Gasteiger partial charge on any atom is 0.224 e. The van der Waals surface area contributed by atoms with Crippen LogP contribution in [0.3, 0.4) is 0 Å². The summed E-state index contributed by atoms with van der Waals surface area (Å²) in [7, 11) is -1.84. The number of H-pyrrole nitrogens is 1. The quantitative estimate of drug-likeness (QED) is 0.312. The lowest BCUT2D eigenvalue weighted by Gasteiger charge is -2.10. The third-order valence-electron chi connectivity index (χ3n) is 5.78. The largest absolute Gasteiger partial charge is 0.506 e. The molecule has 176 valence electrons. The van der Waals surface area contributed by atoms with Crippen molar-refractivity contribution in [2.45, 2.75) is 24.7 Å². The minimum absolute atomic E-state index is 0.0570. The number of phenolic OH excluding ortho intramolecular Hbond substituents is 1. The highest BCUT2D eigenvalue weighted by Gasteiger charge is 2.17. The number of nitrogens with one attached hydrogen (secondary N) is 2. The molecule has 0 saturated heterocycles. The summed E-state index contributed by atoms with van der Waals surface area (Å²) in [5.74, 6) is 0.175. The Morgan fingerprint density at radius 2 is 1.79 bits per heavy atom. The minimum atomic E-state index is -3.46. The molecule has 4 aromatic rings. The monoisotopic (exact) mass is 478 g/mol. The number of phenols is 1. The zero-order valence-electron chi connectivity index (χ0n) is 19.0. The normalized spacial score (nSPS) is 11.5. The molecule has 0 fully saturated rings. The highest BCUT2D eigenvalue weighted by Crippen LogP contribution is 2.33. The van der Waals surface area contributed by atoms with Crippen LogP contribution in [-0.2, 0) is 21.1 Å². The molecule has 34 heavy (non-hydrogen) atoms. The SMILES string of the molecule is CCS(=O)(=O)c1ccc(O)c(NC(=O)CCc2c(-c3ccc(OC)cc3)[nH]c3ccccc23)c1. The van der Waals surface area contributed by atoms with Gasteiger partial charge in [0, 0.05) is 23.0 Å². The van der Waals surface area contributed by atoms with Gasteiger partial charge in [-0.15, -0.1) is 0 Å². The zero-order chi connectivity index (χ0) is 24.3.